The molecule has 1 N–H and O–H groups in total. The fraction of sp³-hybridized carbons (Fsp3) is 0.800. The molecule has 1 aliphatic carbocycles. The Morgan fingerprint density at radius 3 is 2.50 bits per heavy atom. The molecule has 0 bridgehead atoms. The fourth-order valence-electron chi connectivity index (χ4n) is 3.21. The molecule has 1 aromatic rings. The normalized spacial score (nSPS) is 18.4. The summed E-state index contributed by atoms with van der Waals surface area (Å²) >= 11 is 0. The lowest BCUT2D eigenvalue weighted by Crippen LogP contribution is -2.30. The van der Waals surface area contributed by atoms with Crippen LogP contribution in [0.1, 0.15) is 69.9 Å². The summed E-state index contributed by atoms with van der Waals surface area (Å²) in [5.74, 6) is 1.38. The van der Waals surface area contributed by atoms with E-state index in [9.17, 15) is 9.90 Å². The van der Waals surface area contributed by atoms with Gasteiger partial charge in [0.25, 0.3) is 0 Å². The van der Waals surface area contributed by atoms with Crippen LogP contribution < -0.4 is 0 Å². The lowest BCUT2D eigenvalue weighted by Gasteiger charge is -2.35. The zero-order valence-corrected chi connectivity index (χ0v) is 12.7. The van der Waals surface area contributed by atoms with Gasteiger partial charge in [0.1, 0.15) is 5.82 Å². The Morgan fingerprint density at radius 2 is 2.00 bits per heavy atom. The fourth-order valence-corrected chi connectivity index (χ4v) is 3.21. The minimum absolute atomic E-state index is 0.126. The molecule has 1 aliphatic rings. The van der Waals surface area contributed by atoms with Gasteiger partial charge in [0.2, 0.25) is 0 Å². The van der Waals surface area contributed by atoms with E-state index in [1.54, 1.807) is 0 Å². The standard InChI is InChI=1S/C15H25N3O2/c1-11(2)14-16-12(18(3)17-14)9-15(10-13(19)20)7-5-4-6-8-15/h11H,4-10H2,1-3H3,(H,19,20). The summed E-state index contributed by atoms with van der Waals surface area (Å²) < 4.78 is 1.83. The van der Waals surface area contributed by atoms with Crippen LogP contribution in [-0.2, 0) is 18.3 Å². The van der Waals surface area contributed by atoms with Gasteiger partial charge in [-0.05, 0) is 18.3 Å². The molecule has 0 unspecified atom stereocenters. The van der Waals surface area contributed by atoms with Crippen molar-refractivity contribution in [3.05, 3.63) is 11.6 Å². The van der Waals surface area contributed by atoms with Gasteiger partial charge in [0.05, 0.1) is 6.42 Å². The van der Waals surface area contributed by atoms with Crippen molar-refractivity contribution in [1.29, 1.82) is 0 Å². The molecule has 0 amide bonds. The molecule has 2 rings (SSSR count). The van der Waals surface area contributed by atoms with E-state index in [2.05, 4.69) is 23.9 Å². The minimum atomic E-state index is -0.696. The Morgan fingerprint density at radius 1 is 1.35 bits per heavy atom. The minimum Gasteiger partial charge on any atom is -0.481 e. The van der Waals surface area contributed by atoms with Crippen LogP contribution in [0.4, 0.5) is 0 Å². The second-order valence-electron chi connectivity index (χ2n) is 6.47. The third-order valence-electron chi connectivity index (χ3n) is 4.36. The summed E-state index contributed by atoms with van der Waals surface area (Å²) in [6.07, 6.45) is 6.43. The quantitative estimate of drug-likeness (QED) is 0.899. The maximum absolute atomic E-state index is 11.2. The molecule has 20 heavy (non-hydrogen) atoms. The van der Waals surface area contributed by atoms with Gasteiger partial charge in [0.15, 0.2) is 5.82 Å². The van der Waals surface area contributed by atoms with Crippen LogP contribution in [0.5, 0.6) is 0 Å². The monoisotopic (exact) mass is 279 g/mol. The topological polar surface area (TPSA) is 68.0 Å². The average molecular weight is 279 g/mol. The maximum atomic E-state index is 11.2. The Kier molecular flexibility index (Phi) is 4.45. The highest BCUT2D eigenvalue weighted by molar-refractivity contribution is 5.67. The average Bonchev–Trinajstić information content (AvgIpc) is 2.71. The Labute approximate surface area is 120 Å². The van der Waals surface area contributed by atoms with E-state index in [1.165, 1.54) is 6.42 Å². The van der Waals surface area contributed by atoms with Crippen LogP contribution >= 0.6 is 0 Å². The van der Waals surface area contributed by atoms with Crippen molar-refractivity contribution in [2.75, 3.05) is 0 Å². The van der Waals surface area contributed by atoms with Crippen molar-refractivity contribution in [2.24, 2.45) is 12.5 Å². The van der Waals surface area contributed by atoms with Gasteiger partial charge in [-0.3, -0.25) is 9.48 Å². The van der Waals surface area contributed by atoms with Crippen molar-refractivity contribution in [1.82, 2.24) is 14.8 Å². The lowest BCUT2D eigenvalue weighted by atomic mass is 9.69. The van der Waals surface area contributed by atoms with Gasteiger partial charge in [-0.25, -0.2) is 4.98 Å². The molecule has 0 radical (unpaired) electrons. The van der Waals surface area contributed by atoms with Crippen molar-refractivity contribution < 1.29 is 9.90 Å². The van der Waals surface area contributed by atoms with Gasteiger partial charge < -0.3 is 5.11 Å². The van der Waals surface area contributed by atoms with E-state index in [1.807, 2.05) is 11.7 Å². The number of aromatic nitrogens is 3. The molecule has 0 aliphatic heterocycles. The number of aliphatic carboxylic acids is 1. The second-order valence-corrected chi connectivity index (χ2v) is 6.47. The van der Waals surface area contributed by atoms with Crippen LogP contribution in [0.2, 0.25) is 0 Å². The number of carboxylic acid groups (broad SMARTS) is 1. The summed E-state index contributed by atoms with van der Waals surface area (Å²) in [6, 6.07) is 0. The highest BCUT2D eigenvalue weighted by Crippen LogP contribution is 2.41. The summed E-state index contributed by atoms with van der Waals surface area (Å²) in [4.78, 5) is 15.8. The molecule has 0 spiro atoms. The molecular weight excluding hydrogens is 254 g/mol. The number of nitrogens with zero attached hydrogens (tertiary/aromatic N) is 3. The van der Waals surface area contributed by atoms with Gasteiger partial charge >= 0.3 is 5.97 Å². The van der Waals surface area contributed by atoms with Crippen LogP contribution in [0.3, 0.4) is 0 Å². The lowest BCUT2D eigenvalue weighted by molar-refractivity contribution is -0.140. The number of hydrogen-bond acceptors (Lipinski definition) is 3. The summed E-state index contributed by atoms with van der Waals surface area (Å²) in [5.41, 5.74) is -0.126. The molecule has 1 heterocycles. The molecular formula is C15H25N3O2. The third kappa shape index (κ3) is 3.38. The molecule has 0 atom stereocenters. The first-order valence-electron chi connectivity index (χ1n) is 7.53. The smallest absolute Gasteiger partial charge is 0.303 e. The van der Waals surface area contributed by atoms with Crippen LogP contribution in [0.15, 0.2) is 0 Å². The Bertz CT molecular complexity index is 473. The van der Waals surface area contributed by atoms with Gasteiger partial charge in [0, 0.05) is 19.4 Å². The van der Waals surface area contributed by atoms with Gasteiger partial charge in [-0.1, -0.05) is 33.1 Å². The number of carbonyl (C=O) groups is 1. The molecule has 1 fully saturated rings. The van der Waals surface area contributed by atoms with Crippen molar-refractivity contribution in [3.8, 4) is 0 Å². The van der Waals surface area contributed by atoms with Crippen LogP contribution in [-0.4, -0.2) is 25.8 Å². The predicted octanol–water partition coefficient (Wildman–Crippen LogP) is 2.91. The van der Waals surface area contributed by atoms with Crippen molar-refractivity contribution >= 4 is 5.97 Å². The number of rotatable bonds is 5. The number of carboxylic acids is 1. The zero-order valence-electron chi connectivity index (χ0n) is 12.7. The van der Waals surface area contributed by atoms with Crippen LogP contribution in [0.25, 0.3) is 0 Å². The Hall–Kier alpha value is -1.39. The Balaban J connectivity index is 2.21. The number of hydrogen-bond donors (Lipinski definition) is 1. The van der Waals surface area contributed by atoms with E-state index < -0.39 is 5.97 Å². The first kappa shape index (κ1) is 15.0. The van der Waals surface area contributed by atoms with E-state index in [-0.39, 0.29) is 11.8 Å². The molecule has 0 saturated heterocycles. The SMILES string of the molecule is CC(C)c1nc(CC2(CC(=O)O)CCCCC2)n(C)n1. The van der Waals surface area contributed by atoms with E-state index in [0.29, 0.717) is 5.92 Å². The zero-order chi connectivity index (χ0) is 14.8. The second kappa shape index (κ2) is 5.94. The highest BCUT2D eigenvalue weighted by atomic mass is 16.4. The molecule has 1 aromatic heterocycles. The van der Waals surface area contributed by atoms with Crippen molar-refractivity contribution in [3.63, 3.8) is 0 Å². The predicted molar refractivity (Wildman–Crippen MR) is 76.6 cm³/mol. The molecule has 112 valence electrons. The molecule has 0 aromatic carbocycles. The molecule has 5 heteroatoms. The van der Waals surface area contributed by atoms with Gasteiger partial charge in [-0.15, -0.1) is 0 Å². The summed E-state index contributed by atoms with van der Waals surface area (Å²) in [5, 5.41) is 13.7. The third-order valence-corrected chi connectivity index (χ3v) is 4.36. The number of aryl methyl sites for hydroxylation is 1. The summed E-state index contributed by atoms with van der Waals surface area (Å²) in [6.45, 7) is 4.15. The summed E-state index contributed by atoms with van der Waals surface area (Å²) in [7, 11) is 1.91. The molecule has 1 saturated carbocycles. The van der Waals surface area contributed by atoms with E-state index in [0.717, 1.165) is 43.8 Å². The first-order valence-corrected chi connectivity index (χ1v) is 7.53. The first-order chi connectivity index (χ1) is 9.42. The largest absolute Gasteiger partial charge is 0.481 e. The highest BCUT2D eigenvalue weighted by Gasteiger charge is 2.36. The molecule has 5 nitrogen and oxygen atoms in total. The van der Waals surface area contributed by atoms with Crippen LogP contribution in [0, 0.1) is 5.41 Å². The van der Waals surface area contributed by atoms with E-state index >= 15 is 0 Å². The maximum Gasteiger partial charge on any atom is 0.303 e. The van der Waals surface area contributed by atoms with Gasteiger partial charge in [-0.2, -0.15) is 5.10 Å². The van der Waals surface area contributed by atoms with E-state index in [4.69, 9.17) is 0 Å². The van der Waals surface area contributed by atoms with Crippen molar-refractivity contribution in [2.45, 2.75) is 64.7 Å².